The van der Waals surface area contributed by atoms with Crippen molar-refractivity contribution in [2.24, 2.45) is 0 Å². The molecule has 0 bridgehead atoms. The lowest BCUT2D eigenvalue weighted by Gasteiger charge is -2.19. The average Bonchev–Trinajstić information content (AvgIpc) is 2.79. The molecule has 0 aromatic heterocycles. The predicted octanol–water partition coefficient (Wildman–Crippen LogP) is 5.03. The first-order chi connectivity index (χ1) is 14.8. The molecule has 6 nitrogen and oxygen atoms in total. The van der Waals surface area contributed by atoms with E-state index in [0.29, 0.717) is 6.42 Å². The van der Waals surface area contributed by atoms with Crippen molar-refractivity contribution in [3.8, 4) is 5.75 Å². The third-order valence-corrected chi connectivity index (χ3v) is 6.48. The molecule has 2 N–H and O–H groups in total. The molecular formula is C23H23ClN2O4S. The molecule has 0 fully saturated rings. The number of sulfonamides is 1. The second-order valence-electron chi connectivity index (χ2n) is 6.82. The molecule has 162 valence electrons. The summed E-state index contributed by atoms with van der Waals surface area (Å²) in [4.78, 5) is 13.0. The number of carbonyl (C=O) groups excluding carboxylic acids is 1. The van der Waals surface area contributed by atoms with Gasteiger partial charge < -0.3 is 10.1 Å². The van der Waals surface area contributed by atoms with E-state index < -0.39 is 15.9 Å². The molecule has 1 amide bonds. The maximum absolute atomic E-state index is 12.9. The fourth-order valence-electron chi connectivity index (χ4n) is 3.07. The molecular weight excluding hydrogens is 436 g/mol. The summed E-state index contributed by atoms with van der Waals surface area (Å²) in [6.07, 6.45) is 0.663. The number of hydrogen-bond donors (Lipinski definition) is 2. The number of carbonyl (C=O) groups is 1. The van der Waals surface area contributed by atoms with E-state index in [1.165, 1.54) is 30.3 Å². The number of rotatable bonds is 8. The van der Waals surface area contributed by atoms with Crippen LogP contribution in [0.15, 0.2) is 77.7 Å². The number of hydrogen-bond acceptors (Lipinski definition) is 4. The van der Waals surface area contributed by atoms with Crippen LogP contribution in [-0.4, -0.2) is 21.4 Å². The van der Waals surface area contributed by atoms with Gasteiger partial charge in [0.25, 0.3) is 15.9 Å². The zero-order chi connectivity index (χ0) is 22.4. The minimum Gasteiger partial charge on any atom is -0.497 e. The van der Waals surface area contributed by atoms with Crippen molar-refractivity contribution < 1.29 is 17.9 Å². The molecule has 0 radical (unpaired) electrons. The second kappa shape index (κ2) is 9.85. The largest absolute Gasteiger partial charge is 0.497 e. The van der Waals surface area contributed by atoms with Crippen molar-refractivity contribution in [3.05, 3.63) is 88.9 Å². The highest BCUT2D eigenvalue weighted by Crippen LogP contribution is 2.25. The molecule has 0 unspecified atom stereocenters. The lowest BCUT2D eigenvalue weighted by Crippen LogP contribution is -2.28. The summed E-state index contributed by atoms with van der Waals surface area (Å²) in [5, 5.41) is 3.18. The van der Waals surface area contributed by atoms with Crippen LogP contribution < -0.4 is 14.8 Å². The molecule has 3 aromatic rings. The van der Waals surface area contributed by atoms with E-state index in [-0.39, 0.29) is 27.2 Å². The smallest absolute Gasteiger partial charge is 0.261 e. The molecule has 3 rings (SSSR count). The van der Waals surface area contributed by atoms with Gasteiger partial charge in [0.15, 0.2) is 0 Å². The Morgan fingerprint density at radius 2 is 1.71 bits per heavy atom. The highest BCUT2D eigenvalue weighted by Gasteiger charge is 2.19. The van der Waals surface area contributed by atoms with E-state index in [1.807, 2.05) is 31.2 Å². The van der Waals surface area contributed by atoms with Crippen LogP contribution >= 0.6 is 11.6 Å². The Hall–Kier alpha value is -3.03. The molecule has 3 aromatic carbocycles. The molecule has 0 aliphatic carbocycles. The van der Waals surface area contributed by atoms with Crippen LogP contribution in [0.25, 0.3) is 0 Å². The van der Waals surface area contributed by atoms with Gasteiger partial charge in [0, 0.05) is 5.69 Å². The fraction of sp³-hybridized carbons (Fsp3) is 0.174. The van der Waals surface area contributed by atoms with E-state index in [2.05, 4.69) is 10.0 Å². The zero-order valence-electron chi connectivity index (χ0n) is 17.1. The molecule has 0 saturated heterocycles. The first kappa shape index (κ1) is 22.7. The molecule has 0 spiro atoms. The molecule has 0 aliphatic heterocycles. The van der Waals surface area contributed by atoms with Crippen molar-refractivity contribution >= 4 is 33.2 Å². The highest BCUT2D eigenvalue weighted by molar-refractivity contribution is 7.92. The number of amides is 1. The summed E-state index contributed by atoms with van der Waals surface area (Å²) in [5.41, 5.74) is 1.35. The van der Waals surface area contributed by atoms with Crippen molar-refractivity contribution in [1.29, 1.82) is 0 Å². The van der Waals surface area contributed by atoms with Crippen molar-refractivity contribution in [2.75, 3.05) is 11.8 Å². The molecule has 8 heteroatoms. The SMILES string of the molecule is CC[C@@H](NC(=O)c1cc(NS(=O)(=O)c2ccccc2)ccc1Cl)c1ccc(OC)cc1. The second-order valence-corrected chi connectivity index (χ2v) is 8.91. The Labute approximate surface area is 187 Å². The van der Waals surface area contributed by atoms with E-state index in [9.17, 15) is 13.2 Å². The molecule has 1 atom stereocenters. The molecule has 0 heterocycles. The number of ether oxygens (including phenoxy) is 1. The maximum Gasteiger partial charge on any atom is 0.261 e. The quantitative estimate of drug-likeness (QED) is 0.495. The Balaban J connectivity index is 1.80. The number of anilines is 1. The number of benzene rings is 3. The van der Waals surface area contributed by atoms with E-state index in [4.69, 9.17) is 16.3 Å². The number of nitrogens with one attached hydrogen (secondary N) is 2. The molecule has 0 saturated carbocycles. The van der Waals surface area contributed by atoms with Gasteiger partial charge in [0.1, 0.15) is 5.75 Å². The number of methoxy groups -OCH3 is 1. The Morgan fingerprint density at radius 1 is 1.03 bits per heavy atom. The van der Waals surface area contributed by atoms with Crippen LogP contribution in [-0.2, 0) is 10.0 Å². The summed E-state index contributed by atoms with van der Waals surface area (Å²) in [6.45, 7) is 1.96. The third-order valence-electron chi connectivity index (χ3n) is 4.75. The Morgan fingerprint density at radius 3 is 2.32 bits per heavy atom. The lowest BCUT2D eigenvalue weighted by molar-refractivity contribution is 0.0935. The summed E-state index contributed by atoms with van der Waals surface area (Å²) in [5.74, 6) is 0.333. The molecule has 0 aliphatic rings. The monoisotopic (exact) mass is 458 g/mol. The van der Waals surface area contributed by atoms with Gasteiger partial charge >= 0.3 is 0 Å². The van der Waals surface area contributed by atoms with E-state index >= 15 is 0 Å². The lowest BCUT2D eigenvalue weighted by atomic mass is 10.0. The zero-order valence-corrected chi connectivity index (χ0v) is 18.7. The van der Waals surface area contributed by atoms with Crippen LogP contribution in [0, 0.1) is 0 Å². The van der Waals surface area contributed by atoms with Crippen LogP contribution in [0.4, 0.5) is 5.69 Å². The highest BCUT2D eigenvalue weighted by atomic mass is 35.5. The van der Waals surface area contributed by atoms with Gasteiger partial charge in [-0.25, -0.2) is 8.42 Å². The topological polar surface area (TPSA) is 84.5 Å². The van der Waals surface area contributed by atoms with Gasteiger partial charge in [-0.3, -0.25) is 9.52 Å². The Bertz CT molecular complexity index is 1150. The summed E-state index contributed by atoms with van der Waals surface area (Å²) < 4.78 is 32.8. The van der Waals surface area contributed by atoms with Crippen molar-refractivity contribution in [3.63, 3.8) is 0 Å². The number of halogens is 1. The maximum atomic E-state index is 12.9. The standard InChI is InChI=1S/C23H23ClN2O4S/c1-3-22(16-9-12-18(30-2)13-10-16)25-23(27)20-15-17(11-14-21(20)24)26-31(28,29)19-7-5-4-6-8-19/h4-15,22,26H,3H2,1-2H3,(H,25,27)/t22-/m1/s1. The van der Waals surface area contributed by atoms with Gasteiger partial charge in [0.05, 0.1) is 28.6 Å². The minimum absolute atomic E-state index is 0.126. The van der Waals surface area contributed by atoms with E-state index in [1.54, 1.807) is 25.3 Å². The Kier molecular flexibility index (Phi) is 7.20. The van der Waals surface area contributed by atoms with Crippen molar-refractivity contribution in [1.82, 2.24) is 5.32 Å². The minimum atomic E-state index is -3.78. The van der Waals surface area contributed by atoms with Gasteiger partial charge in [-0.15, -0.1) is 0 Å². The van der Waals surface area contributed by atoms with Crippen LogP contribution in [0.3, 0.4) is 0 Å². The fourth-order valence-corrected chi connectivity index (χ4v) is 4.34. The molecule has 31 heavy (non-hydrogen) atoms. The third kappa shape index (κ3) is 5.57. The van der Waals surface area contributed by atoms with E-state index in [0.717, 1.165) is 11.3 Å². The van der Waals surface area contributed by atoms with Crippen LogP contribution in [0.5, 0.6) is 5.75 Å². The van der Waals surface area contributed by atoms with Gasteiger partial charge in [-0.05, 0) is 54.4 Å². The summed E-state index contributed by atoms with van der Waals surface area (Å²) >= 11 is 6.24. The van der Waals surface area contributed by atoms with Crippen LogP contribution in [0.2, 0.25) is 5.02 Å². The summed E-state index contributed by atoms with van der Waals surface area (Å²) in [7, 11) is -2.19. The van der Waals surface area contributed by atoms with Gasteiger partial charge in [-0.1, -0.05) is 48.9 Å². The van der Waals surface area contributed by atoms with Crippen LogP contribution in [0.1, 0.15) is 35.3 Å². The average molecular weight is 459 g/mol. The van der Waals surface area contributed by atoms with Crippen molar-refractivity contribution in [2.45, 2.75) is 24.3 Å². The normalized spacial score (nSPS) is 12.1. The summed E-state index contributed by atoms with van der Waals surface area (Å²) in [6, 6.07) is 19.6. The first-order valence-electron chi connectivity index (χ1n) is 9.66. The van der Waals surface area contributed by atoms with Gasteiger partial charge in [-0.2, -0.15) is 0 Å². The first-order valence-corrected chi connectivity index (χ1v) is 11.5. The van der Waals surface area contributed by atoms with Gasteiger partial charge in [0.2, 0.25) is 0 Å². The predicted molar refractivity (Wildman–Crippen MR) is 122 cm³/mol.